The highest BCUT2D eigenvalue weighted by Gasteiger charge is 2.23. The Kier molecular flexibility index (Phi) is 7.11. The zero-order chi connectivity index (χ0) is 24.2. The van der Waals surface area contributed by atoms with Crippen molar-refractivity contribution >= 4 is 32.6 Å². The summed E-state index contributed by atoms with van der Waals surface area (Å²) in [4.78, 5) is 23.0. The zero-order valence-electron chi connectivity index (χ0n) is 20.4. The molecule has 0 atom stereocenters. The molecule has 1 aliphatic rings. The summed E-state index contributed by atoms with van der Waals surface area (Å²) in [6.07, 6.45) is 0. The second-order valence-electron chi connectivity index (χ2n) is 9.30. The van der Waals surface area contributed by atoms with Crippen LogP contribution in [0.2, 0.25) is 0 Å². The third-order valence-corrected chi connectivity index (χ3v) is 7.97. The summed E-state index contributed by atoms with van der Waals surface area (Å²) >= 11 is 1.80. The average molecular weight is 485 g/mol. The van der Waals surface area contributed by atoms with Crippen LogP contribution in [0.25, 0.3) is 10.2 Å². The molecule has 5 rings (SSSR count). The van der Waals surface area contributed by atoms with Crippen molar-refractivity contribution in [2.24, 2.45) is 0 Å². The summed E-state index contributed by atoms with van der Waals surface area (Å²) in [6.45, 7) is 9.68. The molecule has 1 fully saturated rings. The van der Waals surface area contributed by atoms with Gasteiger partial charge >= 0.3 is 0 Å². The van der Waals surface area contributed by atoms with Gasteiger partial charge in [0.2, 0.25) is 5.91 Å². The predicted octanol–water partition coefficient (Wildman–Crippen LogP) is 4.98. The highest BCUT2D eigenvalue weighted by molar-refractivity contribution is 7.22. The highest BCUT2D eigenvalue weighted by atomic mass is 32.1. The van der Waals surface area contributed by atoms with Crippen LogP contribution in [-0.4, -0.2) is 55.1 Å². The molecule has 180 valence electrons. The topological polar surface area (TPSA) is 48.5 Å². The number of hydrogen-bond donors (Lipinski definition) is 1. The van der Waals surface area contributed by atoms with Gasteiger partial charge in [-0.25, -0.2) is 4.98 Å². The maximum absolute atomic E-state index is 13.2. The van der Waals surface area contributed by atoms with Gasteiger partial charge in [0.1, 0.15) is 0 Å². The van der Waals surface area contributed by atoms with E-state index in [9.17, 15) is 4.79 Å². The molecule has 0 radical (unpaired) electrons. The number of carbonyl (C=O) groups excluding carboxylic acids is 1. The molecule has 0 spiro atoms. The number of anilines is 1. The van der Waals surface area contributed by atoms with Crippen LogP contribution >= 0.6 is 11.3 Å². The molecule has 0 bridgehead atoms. The van der Waals surface area contributed by atoms with Gasteiger partial charge in [0, 0.05) is 39.3 Å². The summed E-state index contributed by atoms with van der Waals surface area (Å²) < 4.78 is 1.29. The average Bonchev–Trinajstić information content (AvgIpc) is 3.30. The van der Waals surface area contributed by atoms with Crippen LogP contribution in [0.15, 0.2) is 72.8 Å². The van der Waals surface area contributed by atoms with E-state index in [1.54, 1.807) is 11.3 Å². The van der Waals surface area contributed by atoms with Gasteiger partial charge in [-0.3, -0.25) is 9.69 Å². The number of benzene rings is 3. The van der Waals surface area contributed by atoms with Crippen molar-refractivity contribution in [3.8, 4) is 0 Å². The van der Waals surface area contributed by atoms with Crippen molar-refractivity contribution in [2.75, 3.05) is 44.2 Å². The normalized spacial score (nSPS) is 14.5. The van der Waals surface area contributed by atoms with Gasteiger partial charge in [-0.15, -0.1) is 0 Å². The smallest absolute Gasteiger partial charge is 0.232 e. The van der Waals surface area contributed by atoms with Crippen LogP contribution in [0.3, 0.4) is 0 Å². The van der Waals surface area contributed by atoms with E-state index in [4.69, 9.17) is 4.98 Å². The Labute approximate surface area is 211 Å². The molecule has 0 aliphatic carbocycles. The van der Waals surface area contributed by atoms with E-state index in [1.165, 1.54) is 15.8 Å². The van der Waals surface area contributed by atoms with Crippen LogP contribution in [-0.2, 0) is 4.79 Å². The van der Waals surface area contributed by atoms with Crippen molar-refractivity contribution in [3.63, 3.8) is 0 Å². The molecule has 4 aromatic rings. The van der Waals surface area contributed by atoms with E-state index in [1.807, 2.05) is 60.7 Å². The van der Waals surface area contributed by atoms with E-state index in [0.717, 1.165) is 54.5 Å². The predicted molar refractivity (Wildman–Crippen MR) is 145 cm³/mol. The first-order valence-corrected chi connectivity index (χ1v) is 13.1. The van der Waals surface area contributed by atoms with Crippen molar-refractivity contribution in [1.29, 1.82) is 0 Å². The van der Waals surface area contributed by atoms with Crippen molar-refractivity contribution in [1.82, 2.24) is 15.2 Å². The fourth-order valence-corrected chi connectivity index (χ4v) is 5.96. The first-order valence-electron chi connectivity index (χ1n) is 12.3. The Hall–Kier alpha value is -3.22. The number of amides is 1. The second kappa shape index (κ2) is 10.6. The van der Waals surface area contributed by atoms with Gasteiger partial charge in [0.25, 0.3) is 0 Å². The van der Waals surface area contributed by atoms with E-state index in [0.29, 0.717) is 6.54 Å². The maximum Gasteiger partial charge on any atom is 0.232 e. The van der Waals surface area contributed by atoms with Crippen molar-refractivity contribution in [3.05, 3.63) is 95.1 Å². The minimum Gasteiger partial charge on any atom is -0.354 e. The highest BCUT2D eigenvalue weighted by Crippen LogP contribution is 2.32. The monoisotopic (exact) mass is 484 g/mol. The molecule has 5 nitrogen and oxygen atoms in total. The molecule has 2 heterocycles. The molecule has 1 N–H and O–H groups in total. The summed E-state index contributed by atoms with van der Waals surface area (Å²) in [5.74, 6) is -0.235. The molecule has 6 heteroatoms. The number of hydrogen-bond acceptors (Lipinski definition) is 5. The number of aromatic nitrogens is 1. The van der Waals surface area contributed by atoms with Crippen molar-refractivity contribution in [2.45, 2.75) is 19.8 Å². The Morgan fingerprint density at radius 2 is 1.57 bits per heavy atom. The van der Waals surface area contributed by atoms with Gasteiger partial charge < -0.3 is 10.2 Å². The summed E-state index contributed by atoms with van der Waals surface area (Å²) in [5, 5.41) is 4.32. The number of nitrogens with one attached hydrogen (secondary N) is 1. The fourth-order valence-electron chi connectivity index (χ4n) is 4.89. The summed E-state index contributed by atoms with van der Waals surface area (Å²) in [7, 11) is 0. The summed E-state index contributed by atoms with van der Waals surface area (Å²) in [5.41, 5.74) is 5.72. The number of carbonyl (C=O) groups is 1. The molecule has 1 aromatic heterocycles. The van der Waals surface area contributed by atoms with Gasteiger partial charge in [-0.1, -0.05) is 78.1 Å². The Bertz CT molecular complexity index is 1240. The number of piperazine rings is 1. The van der Waals surface area contributed by atoms with Gasteiger partial charge in [-0.2, -0.15) is 0 Å². The molecular formula is C29H32N4OS. The van der Waals surface area contributed by atoms with Gasteiger partial charge in [-0.05, 0) is 42.2 Å². The van der Waals surface area contributed by atoms with E-state index in [2.05, 4.69) is 41.1 Å². The Morgan fingerprint density at radius 1 is 0.943 bits per heavy atom. The second-order valence-corrected chi connectivity index (χ2v) is 10.3. The minimum atomic E-state index is -0.291. The van der Waals surface area contributed by atoms with E-state index >= 15 is 0 Å². The van der Waals surface area contributed by atoms with Crippen LogP contribution in [0, 0.1) is 13.8 Å². The standard InChI is InChI=1S/C29H32N4OS/c1-21-19-22(2)27-25(20-21)31-29(35-27)33-17-15-32(16-18-33)14-13-30-28(34)26(23-9-5-3-6-10-23)24-11-7-4-8-12-24/h3-12,19-20,26H,13-18H2,1-2H3,(H,30,34). The third kappa shape index (κ3) is 5.39. The molecule has 1 amide bonds. The molecule has 3 aromatic carbocycles. The molecule has 1 aliphatic heterocycles. The maximum atomic E-state index is 13.2. The fraction of sp³-hybridized carbons (Fsp3) is 0.310. The lowest BCUT2D eigenvalue weighted by Gasteiger charge is -2.34. The molecule has 35 heavy (non-hydrogen) atoms. The van der Waals surface area contributed by atoms with Crippen LogP contribution < -0.4 is 10.2 Å². The number of fused-ring (bicyclic) bond motifs is 1. The van der Waals surface area contributed by atoms with Crippen LogP contribution in [0.4, 0.5) is 5.13 Å². The van der Waals surface area contributed by atoms with Crippen molar-refractivity contribution < 1.29 is 4.79 Å². The van der Waals surface area contributed by atoms with Gasteiger partial charge in [0.05, 0.1) is 16.1 Å². The van der Waals surface area contributed by atoms with Gasteiger partial charge in [0.15, 0.2) is 5.13 Å². The minimum absolute atomic E-state index is 0.0566. The van der Waals surface area contributed by atoms with Crippen LogP contribution in [0.1, 0.15) is 28.2 Å². The zero-order valence-corrected chi connectivity index (χ0v) is 21.2. The third-order valence-electron chi connectivity index (χ3n) is 6.71. The van der Waals surface area contributed by atoms with Crippen LogP contribution in [0.5, 0.6) is 0 Å². The number of rotatable bonds is 7. The Morgan fingerprint density at radius 3 is 2.20 bits per heavy atom. The number of nitrogens with zero attached hydrogens (tertiary/aromatic N) is 3. The van der Waals surface area contributed by atoms with E-state index in [-0.39, 0.29) is 11.8 Å². The molecule has 0 unspecified atom stereocenters. The Balaban J connectivity index is 1.15. The first-order chi connectivity index (χ1) is 17.1. The SMILES string of the molecule is Cc1cc(C)c2sc(N3CCN(CCNC(=O)C(c4ccccc4)c4ccccc4)CC3)nc2c1. The quantitative estimate of drug-likeness (QED) is 0.402. The largest absolute Gasteiger partial charge is 0.354 e. The summed E-state index contributed by atoms with van der Waals surface area (Å²) in [6, 6.07) is 24.5. The first kappa shape index (κ1) is 23.5. The molecular weight excluding hydrogens is 452 g/mol. The molecule has 1 saturated heterocycles. The number of aryl methyl sites for hydroxylation is 2. The number of thiazole rings is 1. The lowest BCUT2D eigenvalue weighted by Crippen LogP contribution is -2.48. The lowest BCUT2D eigenvalue weighted by molar-refractivity contribution is -0.121. The molecule has 0 saturated carbocycles. The van der Waals surface area contributed by atoms with E-state index < -0.39 is 0 Å². The lowest BCUT2D eigenvalue weighted by atomic mass is 9.90.